The highest BCUT2D eigenvalue weighted by atomic mass is 35.5. The smallest absolute Gasteiger partial charge is 0.266 e. The van der Waals surface area contributed by atoms with E-state index in [-0.39, 0.29) is 23.1 Å². The number of para-hydroxylation sites is 2. The third-order valence-corrected chi connectivity index (χ3v) is 7.11. The molecular weight excluding hydrogens is 474 g/mol. The zero-order chi connectivity index (χ0) is 23.7. The van der Waals surface area contributed by atoms with Crippen LogP contribution >= 0.6 is 11.6 Å². The van der Waals surface area contributed by atoms with Crippen LogP contribution in [-0.4, -0.2) is 21.5 Å². The number of methoxy groups -OCH3 is 1. The Labute approximate surface area is 202 Å². The zero-order valence-corrected chi connectivity index (χ0v) is 19.7. The quantitative estimate of drug-likeness (QED) is 0.380. The predicted octanol–water partition coefficient (Wildman–Crippen LogP) is 5.55. The third-order valence-electron chi connectivity index (χ3n) is 5.42. The van der Waals surface area contributed by atoms with Gasteiger partial charge in [0.25, 0.3) is 10.0 Å². The molecule has 7 nitrogen and oxygen atoms in total. The number of benzene rings is 4. The highest BCUT2D eigenvalue weighted by molar-refractivity contribution is 7.90. The normalized spacial score (nSPS) is 15.3. The number of aliphatic imine (C=N–C) groups is 1. The number of nitrogens with zero attached hydrogens (tertiary/aromatic N) is 1. The molecule has 5 rings (SSSR count). The van der Waals surface area contributed by atoms with Gasteiger partial charge in [0.1, 0.15) is 22.1 Å². The number of sulfonamides is 1. The van der Waals surface area contributed by atoms with Crippen molar-refractivity contribution in [2.75, 3.05) is 12.4 Å². The first-order chi connectivity index (χ1) is 16.5. The fourth-order valence-corrected chi connectivity index (χ4v) is 5.15. The molecule has 4 aromatic carbocycles. The van der Waals surface area contributed by atoms with Crippen LogP contribution < -0.4 is 19.5 Å². The molecule has 0 saturated carbocycles. The number of hydrogen-bond acceptors (Lipinski definition) is 5. The Balaban J connectivity index is 1.52. The molecule has 0 radical (unpaired) electrons. The molecule has 34 heavy (non-hydrogen) atoms. The third kappa shape index (κ3) is 4.13. The molecule has 1 aliphatic heterocycles. The minimum atomic E-state index is -3.87. The van der Waals surface area contributed by atoms with Gasteiger partial charge >= 0.3 is 0 Å². The Morgan fingerprint density at radius 1 is 0.882 bits per heavy atom. The molecule has 0 fully saturated rings. The second kappa shape index (κ2) is 8.89. The van der Waals surface area contributed by atoms with Gasteiger partial charge in [-0.05, 0) is 41.1 Å². The highest BCUT2D eigenvalue weighted by Gasteiger charge is 2.29. The van der Waals surface area contributed by atoms with E-state index in [1.807, 2.05) is 36.4 Å². The summed E-state index contributed by atoms with van der Waals surface area (Å²) in [5, 5.41) is 5.50. The number of hydrogen-bond donors (Lipinski definition) is 2. The Kier molecular flexibility index (Phi) is 5.77. The van der Waals surface area contributed by atoms with Crippen LogP contribution in [0.15, 0.2) is 88.8 Å². The fourth-order valence-electron chi connectivity index (χ4n) is 3.82. The molecule has 0 unspecified atom stereocenters. The van der Waals surface area contributed by atoms with Gasteiger partial charge in [-0.15, -0.1) is 0 Å². The van der Waals surface area contributed by atoms with E-state index < -0.39 is 10.0 Å². The van der Waals surface area contributed by atoms with Crippen LogP contribution in [0, 0.1) is 0 Å². The van der Waals surface area contributed by atoms with Gasteiger partial charge in [-0.25, -0.2) is 18.1 Å². The van der Waals surface area contributed by atoms with Crippen molar-refractivity contribution in [1.29, 1.82) is 0 Å². The maximum Gasteiger partial charge on any atom is 0.266 e. The van der Waals surface area contributed by atoms with E-state index in [1.165, 1.54) is 6.07 Å². The van der Waals surface area contributed by atoms with Crippen LogP contribution in [0.1, 0.15) is 5.56 Å². The number of ether oxygens (including phenoxy) is 2. The lowest BCUT2D eigenvalue weighted by Gasteiger charge is -2.24. The van der Waals surface area contributed by atoms with E-state index in [1.54, 1.807) is 43.5 Å². The van der Waals surface area contributed by atoms with Crippen molar-refractivity contribution in [1.82, 2.24) is 4.72 Å². The second-order valence-electron chi connectivity index (χ2n) is 7.52. The molecule has 9 heteroatoms. The summed E-state index contributed by atoms with van der Waals surface area (Å²) in [4.78, 5) is 4.58. The predicted molar refractivity (Wildman–Crippen MR) is 134 cm³/mol. The molecule has 172 valence electrons. The van der Waals surface area contributed by atoms with E-state index in [2.05, 4.69) is 15.0 Å². The van der Waals surface area contributed by atoms with Crippen LogP contribution in [-0.2, 0) is 16.6 Å². The SMILES string of the molecule is COc1ccc2ccccc2c1CN=C1Nc2c(Oc3ccccc3Cl)cccc2S(=O)(=O)N1. The largest absolute Gasteiger partial charge is 0.496 e. The van der Waals surface area contributed by atoms with Crippen molar-refractivity contribution in [2.45, 2.75) is 11.4 Å². The number of nitrogens with one attached hydrogen (secondary N) is 2. The van der Waals surface area contributed by atoms with Gasteiger partial charge < -0.3 is 14.8 Å². The van der Waals surface area contributed by atoms with E-state index >= 15 is 0 Å². The van der Waals surface area contributed by atoms with Gasteiger partial charge in [-0.1, -0.05) is 60.1 Å². The van der Waals surface area contributed by atoms with E-state index in [0.717, 1.165) is 16.3 Å². The fraction of sp³-hybridized carbons (Fsp3) is 0.0800. The van der Waals surface area contributed by atoms with Gasteiger partial charge in [0.2, 0.25) is 5.96 Å². The lowest BCUT2D eigenvalue weighted by Crippen LogP contribution is -2.40. The first-order valence-electron chi connectivity index (χ1n) is 10.4. The summed E-state index contributed by atoms with van der Waals surface area (Å²) < 4.78 is 39.9. The van der Waals surface area contributed by atoms with Crippen LogP contribution in [0.3, 0.4) is 0 Å². The summed E-state index contributed by atoms with van der Waals surface area (Å²) in [6.07, 6.45) is 0. The van der Waals surface area contributed by atoms with Gasteiger partial charge in [-0.3, -0.25) is 0 Å². The molecule has 0 bridgehead atoms. The molecule has 0 saturated heterocycles. The standard InChI is InChI=1S/C25H20ClN3O4S/c1-32-20-14-13-16-7-2-3-8-17(16)18(20)15-27-25-28-24-22(33-21-10-5-4-9-19(21)26)11-6-12-23(24)34(30,31)29-25/h2-14H,15H2,1H3,(H2,27,28,29). The molecule has 0 aliphatic carbocycles. The summed E-state index contributed by atoms with van der Waals surface area (Å²) >= 11 is 6.22. The average molecular weight is 494 g/mol. The van der Waals surface area contributed by atoms with Crippen molar-refractivity contribution in [3.63, 3.8) is 0 Å². The zero-order valence-electron chi connectivity index (χ0n) is 18.1. The number of fused-ring (bicyclic) bond motifs is 2. The van der Waals surface area contributed by atoms with Crippen LogP contribution in [0.2, 0.25) is 5.02 Å². The summed E-state index contributed by atoms with van der Waals surface area (Å²) in [7, 11) is -2.27. The maximum atomic E-state index is 13.0. The average Bonchev–Trinajstić information content (AvgIpc) is 2.84. The van der Waals surface area contributed by atoms with Gasteiger partial charge in [0.05, 0.1) is 18.7 Å². The number of rotatable bonds is 5. The van der Waals surface area contributed by atoms with Gasteiger partial charge in [0, 0.05) is 5.56 Å². The van der Waals surface area contributed by atoms with Gasteiger partial charge in [-0.2, -0.15) is 0 Å². The Hall–Kier alpha value is -3.75. The van der Waals surface area contributed by atoms with Crippen molar-refractivity contribution < 1.29 is 17.9 Å². The minimum Gasteiger partial charge on any atom is -0.496 e. The molecule has 1 aliphatic rings. The van der Waals surface area contributed by atoms with Crippen molar-refractivity contribution >= 4 is 44.0 Å². The lowest BCUT2D eigenvalue weighted by molar-refractivity contribution is 0.411. The maximum absolute atomic E-state index is 13.0. The summed E-state index contributed by atoms with van der Waals surface area (Å²) in [6.45, 7) is 0.193. The number of anilines is 1. The first kappa shape index (κ1) is 22.1. The molecule has 0 aromatic heterocycles. The molecule has 0 amide bonds. The second-order valence-corrected chi connectivity index (χ2v) is 9.58. The first-order valence-corrected chi connectivity index (χ1v) is 12.3. The van der Waals surface area contributed by atoms with Crippen LogP contribution in [0.4, 0.5) is 5.69 Å². The summed E-state index contributed by atoms with van der Waals surface area (Å²) in [5.74, 6) is 1.47. The monoisotopic (exact) mass is 493 g/mol. The van der Waals surface area contributed by atoms with Crippen LogP contribution in [0.25, 0.3) is 10.8 Å². The van der Waals surface area contributed by atoms with E-state index in [9.17, 15) is 8.42 Å². The van der Waals surface area contributed by atoms with Crippen LogP contribution in [0.5, 0.6) is 17.2 Å². The number of guanidine groups is 1. The summed E-state index contributed by atoms with van der Waals surface area (Å²) in [6, 6.07) is 23.5. The number of halogens is 1. The van der Waals surface area contributed by atoms with Crippen molar-refractivity contribution in [3.8, 4) is 17.2 Å². The Morgan fingerprint density at radius 3 is 2.47 bits per heavy atom. The minimum absolute atomic E-state index is 0.0544. The molecule has 0 spiro atoms. The molecule has 4 aromatic rings. The Bertz CT molecular complexity index is 1540. The Morgan fingerprint density at radius 2 is 1.65 bits per heavy atom. The van der Waals surface area contributed by atoms with Crippen molar-refractivity contribution in [3.05, 3.63) is 89.4 Å². The van der Waals surface area contributed by atoms with E-state index in [4.69, 9.17) is 21.1 Å². The molecule has 1 heterocycles. The summed E-state index contributed by atoms with van der Waals surface area (Å²) in [5.41, 5.74) is 1.13. The van der Waals surface area contributed by atoms with E-state index in [0.29, 0.717) is 22.3 Å². The molecular formula is C25H20ClN3O4S. The van der Waals surface area contributed by atoms with Crippen molar-refractivity contribution in [2.24, 2.45) is 4.99 Å². The lowest BCUT2D eigenvalue weighted by atomic mass is 10.0. The molecule has 2 N–H and O–H groups in total. The topological polar surface area (TPSA) is 89.0 Å². The highest BCUT2D eigenvalue weighted by Crippen LogP contribution is 2.38. The molecule has 0 atom stereocenters. The van der Waals surface area contributed by atoms with Gasteiger partial charge in [0.15, 0.2) is 5.75 Å².